The van der Waals surface area contributed by atoms with Gasteiger partial charge in [0, 0.05) is 13.6 Å². The third kappa shape index (κ3) is 3.18. The summed E-state index contributed by atoms with van der Waals surface area (Å²) in [7, 11) is 1.56. The maximum atomic E-state index is 11.7. The fourth-order valence-electron chi connectivity index (χ4n) is 1.73. The number of aliphatic hydroxyl groups excluding tert-OH is 1. The zero-order valence-corrected chi connectivity index (χ0v) is 9.42. The second-order valence-corrected chi connectivity index (χ2v) is 4.10. The number of hydrogen-bond acceptors (Lipinski definition) is 4. The van der Waals surface area contributed by atoms with Crippen molar-refractivity contribution in [3.05, 3.63) is 0 Å². The summed E-state index contributed by atoms with van der Waals surface area (Å²) in [5.41, 5.74) is 0. The van der Waals surface area contributed by atoms with Crippen molar-refractivity contribution in [1.82, 2.24) is 4.90 Å². The monoisotopic (exact) mass is 231 g/mol. The highest BCUT2D eigenvalue weighted by Gasteiger charge is 2.36. The topological polar surface area (TPSA) is 87.1 Å². The average molecular weight is 231 g/mol. The average Bonchev–Trinajstić information content (AvgIpc) is 2.64. The molecular formula is C10H17NO5. The van der Waals surface area contributed by atoms with Crippen LogP contribution in [0.1, 0.15) is 19.8 Å². The van der Waals surface area contributed by atoms with E-state index in [1.807, 2.05) is 0 Å². The van der Waals surface area contributed by atoms with Gasteiger partial charge in [-0.25, -0.2) is 4.79 Å². The Kier molecular flexibility index (Phi) is 4.26. The van der Waals surface area contributed by atoms with E-state index in [1.165, 1.54) is 4.90 Å². The van der Waals surface area contributed by atoms with E-state index in [9.17, 15) is 9.59 Å². The second kappa shape index (κ2) is 5.27. The first-order chi connectivity index (χ1) is 7.41. The summed E-state index contributed by atoms with van der Waals surface area (Å²) in [6.07, 6.45) is -1.40. The van der Waals surface area contributed by atoms with Gasteiger partial charge in [-0.3, -0.25) is 4.79 Å². The number of rotatable bonds is 4. The van der Waals surface area contributed by atoms with Crippen molar-refractivity contribution in [2.45, 2.75) is 38.1 Å². The molecule has 0 aromatic rings. The highest BCUT2D eigenvalue weighted by Crippen LogP contribution is 2.21. The third-order valence-electron chi connectivity index (χ3n) is 2.48. The van der Waals surface area contributed by atoms with Crippen LogP contribution in [0, 0.1) is 0 Å². The summed E-state index contributed by atoms with van der Waals surface area (Å²) in [5, 5.41) is 17.8. The summed E-state index contributed by atoms with van der Waals surface area (Å²) >= 11 is 0. The summed E-state index contributed by atoms with van der Waals surface area (Å²) in [5.74, 6) is -1.31. The number of ether oxygens (including phenoxy) is 1. The molecule has 3 atom stereocenters. The van der Waals surface area contributed by atoms with Crippen LogP contribution in [0.5, 0.6) is 0 Å². The Morgan fingerprint density at radius 2 is 2.00 bits per heavy atom. The largest absolute Gasteiger partial charge is 0.479 e. The first kappa shape index (κ1) is 12.9. The first-order valence-electron chi connectivity index (χ1n) is 5.23. The minimum Gasteiger partial charge on any atom is -0.479 e. The maximum absolute atomic E-state index is 11.7. The minimum atomic E-state index is -1.03. The van der Waals surface area contributed by atoms with Gasteiger partial charge in [0.05, 0.1) is 6.10 Å². The van der Waals surface area contributed by atoms with Crippen LogP contribution in [0.4, 0.5) is 0 Å². The van der Waals surface area contributed by atoms with Crippen LogP contribution >= 0.6 is 0 Å². The van der Waals surface area contributed by atoms with E-state index in [2.05, 4.69) is 0 Å². The van der Waals surface area contributed by atoms with Crippen LogP contribution < -0.4 is 0 Å². The van der Waals surface area contributed by atoms with Crippen LogP contribution in [0.25, 0.3) is 0 Å². The smallest absolute Gasteiger partial charge is 0.332 e. The summed E-state index contributed by atoms with van der Waals surface area (Å²) in [4.78, 5) is 23.7. The molecule has 0 aromatic carbocycles. The molecule has 92 valence electrons. The Morgan fingerprint density at radius 3 is 2.44 bits per heavy atom. The SMILES string of the molecule is CC(O)CN(C)C(=O)[C@@H]1CC[C@H](C(=O)O)O1. The Balaban J connectivity index is 2.47. The fourth-order valence-corrected chi connectivity index (χ4v) is 1.73. The zero-order valence-electron chi connectivity index (χ0n) is 9.42. The molecule has 6 nitrogen and oxygen atoms in total. The van der Waals surface area contributed by atoms with Crippen molar-refractivity contribution in [2.75, 3.05) is 13.6 Å². The number of aliphatic hydroxyl groups is 1. The van der Waals surface area contributed by atoms with Crippen LogP contribution in [0.15, 0.2) is 0 Å². The lowest BCUT2D eigenvalue weighted by molar-refractivity contribution is -0.154. The Bertz CT molecular complexity index is 278. The van der Waals surface area contributed by atoms with E-state index < -0.39 is 24.3 Å². The normalized spacial score (nSPS) is 26.4. The van der Waals surface area contributed by atoms with Crippen molar-refractivity contribution in [3.63, 3.8) is 0 Å². The molecule has 0 radical (unpaired) electrons. The van der Waals surface area contributed by atoms with Crippen molar-refractivity contribution >= 4 is 11.9 Å². The number of carboxylic acids is 1. The van der Waals surface area contributed by atoms with E-state index in [0.717, 1.165) is 0 Å². The van der Waals surface area contributed by atoms with Crippen molar-refractivity contribution in [1.29, 1.82) is 0 Å². The molecule has 1 aliphatic heterocycles. The summed E-state index contributed by atoms with van der Waals surface area (Å²) in [6, 6.07) is 0. The quantitative estimate of drug-likeness (QED) is 0.678. The van der Waals surface area contributed by atoms with Gasteiger partial charge in [0.2, 0.25) is 0 Å². The van der Waals surface area contributed by atoms with Gasteiger partial charge < -0.3 is 19.8 Å². The standard InChI is InChI=1S/C10H17NO5/c1-6(12)5-11(2)9(13)7-3-4-8(16-7)10(14)15/h6-8,12H,3-5H2,1-2H3,(H,14,15)/t6?,7-,8+/m0/s1. The van der Waals surface area contributed by atoms with Gasteiger partial charge in [0.25, 0.3) is 5.91 Å². The molecule has 0 aromatic heterocycles. The molecule has 0 saturated carbocycles. The third-order valence-corrected chi connectivity index (χ3v) is 2.48. The van der Waals surface area contributed by atoms with Gasteiger partial charge in [0.15, 0.2) is 6.10 Å². The Morgan fingerprint density at radius 1 is 1.44 bits per heavy atom. The number of likely N-dealkylation sites (N-methyl/N-ethyl adjacent to an activating group) is 1. The molecular weight excluding hydrogens is 214 g/mol. The summed E-state index contributed by atoms with van der Waals surface area (Å²) in [6.45, 7) is 1.80. The Hall–Kier alpha value is -1.14. The van der Waals surface area contributed by atoms with Gasteiger partial charge in [-0.1, -0.05) is 0 Å². The van der Waals surface area contributed by atoms with E-state index in [0.29, 0.717) is 12.8 Å². The molecule has 6 heteroatoms. The fraction of sp³-hybridized carbons (Fsp3) is 0.800. The molecule has 2 N–H and O–H groups in total. The van der Waals surface area contributed by atoms with Crippen molar-refractivity contribution in [3.8, 4) is 0 Å². The lowest BCUT2D eigenvalue weighted by Crippen LogP contribution is -2.40. The lowest BCUT2D eigenvalue weighted by Gasteiger charge is -2.22. The highest BCUT2D eigenvalue weighted by molar-refractivity contribution is 5.82. The number of aliphatic carboxylic acids is 1. The van der Waals surface area contributed by atoms with E-state index in [1.54, 1.807) is 14.0 Å². The van der Waals surface area contributed by atoms with Gasteiger partial charge in [-0.05, 0) is 19.8 Å². The predicted molar refractivity (Wildman–Crippen MR) is 54.8 cm³/mol. The van der Waals surface area contributed by atoms with Crippen LogP contribution in [-0.2, 0) is 14.3 Å². The number of carboxylic acid groups (broad SMARTS) is 1. The molecule has 1 aliphatic rings. The van der Waals surface area contributed by atoms with Gasteiger partial charge in [-0.15, -0.1) is 0 Å². The van der Waals surface area contributed by atoms with Gasteiger partial charge in [0.1, 0.15) is 6.10 Å². The second-order valence-electron chi connectivity index (χ2n) is 4.10. The number of hydrogen-bond donors (Lipinski definition) is 2. The molecule has 1 amide bonds. The van der Waals surface area contributed by atoms with E-state index >= 15 is 0 Å². The highest BCUT2D eigenvalue weighted by atomic mass is 16.5. The van der Waals surface area contributed by atoms with Gasteiger partial charge in [-0.2, -0.15) is 0 Å². The predicted octanol–water partition coefficient (Wildman–Crippen LogP) is -0.542. The molecule has 16 heavy (non-hydrogen) atoms. The molecule has 0 bridgehead atoms. The number of carbonyl (C=O) groups is 2. The van der Waals surface area contributed by atoms with Crippen molar-refractivity contribution < 1.29 is 24.5 Å². The molecule has 1 heterocycles. The minimum absolute atomic E-state index is 0.219. The molecule has 1 fully saturated rings. The molecule has 1 rings (SSSR count). The van der Waals surface area contributed by atoms with E-state index in [4.69, 9.17) is 14.9 Å². The molecule has 0 spiro atoms. The van der Waals surface area contributed by atoms with Gasteiger partial charge >= 0.3 is 5.97 Å². The van der Waals surface area contributed by atoms with Crippen LogP contribution in [-0.4, -0.2) is 58.9 Å². The lowest BCUT2D eigenvalue weighted by atomic mass is 10.2. The van der Waals surface area contributed by atoms with E-state index in [-0.39, 0.29) is 12.5 Å². The number of nitrogens with zero attached hydrogens (tertiary/aromatic N) is 1. The summed E-state index contributed by atoms with van der Waals surface area (Å²) < 4.78 is 5.11. The first-order valence-corrected chi connectivity index (χ1v) is 5.23. The Labute approximate surface area is 93.8 Å². The van der Waals surface area contributed by atoms with Crippen LogP contribution in [0.2, 0.25) is 0 Å². The molecule has 1 saturated heterocycles. The number of carbonyl (C=O) groups excluding carboxylic acids is 1. The number of amides is 1. The maximum Gasteiger partial charge on any atom is 0.332 e. The zero-order chi connectivity index (χ0) is 12.3. The molecule has 1 unspecified atom stereocenters. The molecule has 0 aliphatic carbocycles. The van der Waals surface area contributed by atoms with Crippen molar-refractivity contribution in [2.24, 2.45) is 0 Å². The van der Waals surface area contributed by atoms with Crippen LogP contribution in [0.3, 0.4) is 0 Å².